The number of aryl methyl sites for hydroxylation is 1. The number of aromatic nitrogens is 4. The minimum Gasteiger partial charge on any atom is -0.421 e. The number of anilines is 1. The summed E-state index contributed by atoms with van der Waals surface area (Å²) in [4.78, 5) is 10.0. The summed E-state index contributed by atoms with van der Waals surface area (Å²) < 4.78 is 5.66. The molecule has 1 saturated heterocycles. The first-order valence-electron chi connectivity index (χ1n) is 9.26. The molecule has 1 fully saturated rings. The normalized spacial score (nSPS) is 20.6. The Labute approximate surface area is 157 Å². The first kappa shape index (κ1) is 17.5. The molecule has 2 N–H and O–H groups in total. The fraction of sp³-hybridized carbons (Fsp3) is 0.474. The number of hydrogen-bond donors (Lipinski definition) is 2. The Morgan fingerprint density at radius 3 is 3.07 bits per heavy atom. The average Bonchev–Trinajstić information content (AvgIpc) is 3.29. The minimum atomic E-state index is 0.274. The fourth-order valence-electron chi connectivity index (χ4n) is 3.89. The van der Waals surface area contributed by atoms with Crippen molar-refractivity contribution in [3.8, 4) is 17.5 Å². The maximum atomic E-state index is 8.90. The van der Waals surface area contributed by atoms with Gasteiger partial charge in [-0.1, -0.05) is 6.92 Å². The third-order valence-electron chi connectivity index (χ3n) is 4.97. The molecule has 3 aromatic rings. The van der Waals surface area contributed by atoms with Gasteiger partial charge in [-0.3, -0.25) is 0 Å². The molecular weight excluding hydrogens is 342 g/mol. The monoisotopic (exact) mass is 365 g/mol. The van der Waals surface area contributed by atoms with Crippen molar-refractivity contribution in [3.05, 3.63) is 24.4 Å². The summed E-state index contributed by atoms with van der Waals surface area (Å²) in [7, 11) is 0. The molecule has 8 nitrogen and oxygen atoms in total. The second-order valence-electron chi connectivity index (χ2n) is 7.26. The maximum Gasteiger partial charge on any atom is 0.251 e. The summed E-state index contributed by atoms with van der Waals surface area (Å²) in [5.41, 5.74) is 2.59. The molecule has 1 aliphatic rings. The quantitative estimate of drug-likeness (QED) is 0.716. The summed E-state index contributed by atoms with van der Waals surface area (Å²) in [5.74, 6) is 1.56. The van der Waals surface area contributed by atoms with Crippen LogP contribution in [0.3, 0.4) is 0 Å². The lowest BCUT2D eigenvalue weighted by Crippen LogP contribution is -2.45. The van der Waals surface area contributed by atoms with Gasteiger partial charge in [0.1, 0.15) is 5.65 Å². The van der Waals surface area contributed by atoms with E-state index in [0.29, 0.717) is 24.1 Å². The highest BCUT2D eigenvalue weighted by Crippen LogP contribution is 2.34. The van der Waals surface area contributed by atoms with Crippen LogP contribution >= 0.6 is 0 Å². The van der Waals surface area contributed by atoms with Crippen LogP contribution in [0, 0.1) is 24.2 Å². The number of H-pyrrole nitrogens is 1. The van der Waals surface area contributed by atoms with Gasteiger partial charge in [0.25, 0.3) is 5.89 Å². The van der Waals surface area contributed by atoms with E-state index in [4.69, 9.17) is 9.68 Å². The average molecular weight is 365 g/mol. The first-order valence-corrected chi connectivity index (χ1v) is 9.26. The number of nitrogens with one attached hydrogen (secondary N) is 2. The predicted octanol–water partition coefficient (Wildman–Crippen LogP) is 2.96. The number of pyridine rings is 1. The molecule has 0 saturated carbocycles. The van der Waals surface area contributed by atoms with Crippen molar-refractivity contribution in [2.24, 2.45) is 5.92 Å². The zero-order chi connectivity index (χ0) is 18.8. The molecule has 3 aromatic heterocycles. The van der Waals surface area contributed by atoms with Crippen molar-refractivity contribution in [2.75, 3.05) is 25.0 Å². The van der Waals surface area contributed by atoms with Crippen molar-refractivity contribution in [2.45, 2.75) is 32.7 Å². The van der Waals surface area contributed by atoms with Gasteiger partial charge in [0.2, 0.25) is 5.89 Å². The topological polar surface area (TPSA) is 107 Å². The second kappa shape index (κ2) is 7.37. The fourth-order valence-corrected chi connectivity index (χ4v) is 3.89. The first-order chi connectivity index (χ1) is 13.1. The molecule has 4 heterocycles. The number of piperidine rings is 1. The van der Waals surface area contributed by atoms with Gasteiger partial charge >= 0.3 is 0 Å². The van der Waals surface area contributed by atoms with Crippen molar-refractivity contribution in [3.63, 3.8) is 0 Å². The Morgan fingerprint density at radius 1 is 1.41 bits per heavy atom. The number of rotatable bonds is 5. The highest BCUT2D eigenvalue weighted by atomic mass is 16.4. The van der Waals surface area contributed by atoms with Crippen LogP contribution in [0.4, 0.5) is 5.69 Å². The Bertz CT molecular complexity index is 970. The lowest BCUT2D eigenvalue weighted by Gasteiger charge is -2.37. The molecule has 27 heavy (non-hydrogen) atoms. The van der Waals surface area contributed by atoms with Crippen LogP contribution in [0.15, 0.2) is 22.9 Å². The molecule has 1 aliphatic heterocycles. The molecule has 8 heteroatoms. The van der Waals surface area contributed by atoms with Gasteiger partial charge in [-0.2, -0.15) is 5.26 Å². The maximum absolute atomic E-state index is 8.90. The molecule has 0 aromatic carbocycles. The third kappa shape index (κ3) is 3.64. The highest BCUT2D eigenvalue weighted by Gasteiger charge is 2.26. The summed E-state index contributed by atoms with van der Waals surface area (Å²) >= 11 is 0. The molecule has 0 amide bonds. The second-order valence-corrected chi connectivity index (χ2v) is 7.26. The van der Waals surface area contributed by atoms with E-state index in [1.54, 1.807) is 13.1 Å². The predicted molar refractivity (Wildman–Crippen MR) is 102 cm³/mol. The van der Waals surface area contributed by atoms with Gasteiger partial charge in [-0.05, 0) is 18.4 Å². The molecule has 0 spiro atoms. The van der Waals surface area contributed by atoms with Crippen LogP contribution in [0.5, 0.6) is 0 Å². The zero-order valence-electron chi connectivity index (χ0n) is 15.6. The van der Waals surface area contributed by atoms with Gasteiger partial charge in [-0.25, -0.2) is 4.98 Å². The van der Waals surface area contributed by atoms with Gasteiger partial charge < -0.3 is 19.6 Å². The highest BCUT2D eigenvalue weighted by molar-refractivity contribution is 5.96. The number of nitrogens with zero attached hydrogens (tertiary/aromatic N) is 5. The van der Waals surface area contributed by atoms with Crippen LogP contribution in [-0.2, 0) is 0 Å². The van der Waals surface area contributed by atoms with Crippen LogP contribution < -0.4 is 5.32 Å². The molecule has 2 atom stereocenters. The summed E-state index contributed by atoms with van der Waals surface area (Å²) in [6, 6.07) is 4.53. The standard InChI is InChI=1S/C19H23N7O/c1-12-8-14(11-26(10-12)7-3-5-20)23-17-15-4-6-21-18(15)22-9-16(17)19-25-24-13(2)27-19/h4,6,9,12,14H,3,7-8,10-11H2,1-2H3,(H2,21,22,23)/t12-,14+/m0/s1. The lowest BCUT2D eigenvalue weighted by molar-refractivity contribution is 0.175. The Kier molecular flexibility index (Phi) is 4.77. The van der Waals surface area contributed by atoms with Crippen LogP contribution in [0.25, 0.3) is 22.5 Å². The Morgan fingerprint density at radius 2 is 2.30 bits per heavy atom. The number of nitriles is 1. The van der Waals surface area contributed by atoms with E-state index in [-0.39, 0.29) is 6.04 Å². The van der Waals surface area contributed by atoms with Gasteiger partial charge in [-0.15, -0.1) is 10.2 Å². The smallest absolute Gasteiger partial charge is 0.251 e. The van der Waals surface area contributed by atoms with Gasteiger partial charge in [0.05, 0.1) is 17.3 Å². The largest absolute Gasteiger partial charge is 0.421 e. The van der Waals surface area contributed by atoms with Crippen molar-refractivity contribution in [1.82, 2.24) is 25.1 Å². The van der Waals surface area contributed by atoms with E-state index in [0.717, 1.165) is 48.3 Å². The van der Waals surface area contributed by atoms with Gasteiger partial charge in [0.15, 0.2) is 0 Å². The van der Waals surface area contributed by atoms with E-state index in [9.17, 15) is 0 Å². The van der Waals surface area contributed by atoms with Crippen LogP contribution in [0.1, 0.15) is 25.7 Å². The SMILES string of the molecule is Cc1nnc(-c2cnc3[nH]ccc3c2N[C@@H]2C[C@H](C)CN(CCC#N)C2)o1. The zero-order valence-corrected chi connectivity index (χ0v) is 15.6. The number of likely N-dealkylation sites (tertiary alicyclic amines) is 1. The molecule has 0 unspecified atom stereocenters. The lowest BCUT2D eigenvalue weighted by atomic mass is 9.95. The number of fused-ring (bicyclic) bond motifs is 1. The number of hydrogen-bond acceptors (Lipinski definition) is 7. The molecule has 0 aliphatic carbocycles. The van der Waals surface area contributed by atoms with Crippen LogP contribution in [-0.4, -0.2) is 50.7 Å². The van der Waals surface area contributed by atoms with E-state index >= 15 is 0 Å². The van der Waals surface area contributed by atoms with Crippen molar-refractivity contribution < 1.29 is 4.42 Å². The Balaban J connectivity index is 1.66. The number of aromatic amines is 1. The Hall–Kier alpha value is -2.92. The minimum absolute atomic E-state index is 0.274. The third-order valence-corrected chi connectivity index (χ3v) is 4.97. The molecule has 0 radical (unpaired) electrons. The van der Waals surface area contributed by atoms with Crippen molar-refractivity contribution in [1.29, 1.82) is 5.26 Å². The summed E-state index contributed by atoms with van der Waals surface area (Å²) in [6.45, 7) is 6.79. The molecule has 4 rings (SSSR count). The molecular formula is C19H23N7O. The van der Waals surface area contributed by atoms with E-state index in [1.165, 1.54) is 0 Å². The van der Waals surface area contributed by atoms with Crippen molar-refractivity contribution >= 4 is 16.7 Å². The van der Waals surface area contributed by atoms with E-state index in [1.807, 2.05) is 12.3 Å². The van der Waals surface area contributed by atoms with Crippen LogP contribution in [0.2, 0.25) is 0 Å². The summed E-state index contributed by atoms with van der Waals surface area (Å²) in [6.07, 6.45) is 5.28. The summed E-state index contributed by atoms with van der Waals surface area (Å²) in [5, 5.41) is 21.7. The van der Waals surface area contributed by atoms with Gasteiger partial charge in [0, 0.05) is 56.8 Å². The van der Waals surface area contributed by atoms with E-state index in [2.05, 4.69) is 43.4 Å². The molecule has 0 bridgehead atoms. The van der Waals surface area contributed by atoms with E-state index < -0.39 is 0 Å². The molecule has 140 valence electrons.